The molecule has 0 unspecified atom stereocenters. The number of nitrogens with zero attached hydrogens (tertiary/aromatic N) is 2. The largest absolute Gasteiger partial charge is 0.465 e. The quantitative estimate of drug-likeness (QED) is 0.349. The summed E-state index contributed by atoms with van der Waals surface area (Å²) in [6.07, 6.45) is -0.859. The number of carboxylic acid groups (broad SMARTS) is 1. The fourth-order valence-electron chi connectivity index (χ4n) is 4.41. The van der Waals surface area contributed by atoms with Gasteiger partial charge >= 0.3 is 12.1 Å². The second-order valence-corrected chi connectivity index (χ2v) is 8.87. The van der Waals surface area contributed by atoms with Crippen molar-refractivity contribution in [3.63, 3.8) is 0 Å². The van der Waals surface area contributed by atoms with Gasteiger partial charge in [-0.05, 0) is 35.4 Å². The number of anilines is 1. The topological polar surface area (TPSA) is 98.1 Å². The van der Waals surface area contributed by atoms with Gasteiger partial charge in [-0.1, -0.05) is 54.6 Å². The molecule has 0 radical (unpaired) electrons. The van der Waals surface area contributed by atoms with E-state index in [0.29, 0.717) is 44.2 Å². The molecule has 1 aliphatic heterocycles. The van der Waals surface area contributed by atoms with Gasteiger partial charge in [0.1, 0.15) is 11.3 Å². The van der Waals surface area contributed by atoms with Crippen LogP contribution in [-0.2, 0) is 13.1 Å². The second-order valence-electron chi connectivity index (χ2n) is 8.87. The Morgan fingerprint density at radius 3 is 2.39 bits per heavy atom. The van der Waals surface area contributed by atoms with Crippen molar-refractivity contribution in [3.8, 4) is 11.3 Å². The minimum absolute atomic E-state index is 0.285. The Hall–Kier alpha value is -4.30. The van der Waals surface area contributed by atoms with E-state index in [0.717, 1.165) is 34.2 Å². The Morgan fingerprint density at radius 2 is 1.61 bits per heavy atom. The molecule has 4 aromatic rings. The Kier molecular flexibility index (Phi) is 6.86. The van der Waals surface area contributed by atoms with E-state index in [1.165, 1.54) is 4.90 Å². The van der Waals surface area contributed by atoms with Crippen LogP contribution in [0.4, 0.5) is 15.3 Å². The lowest BCUT2D eigenvalue weighted by atomic mass is 10.1. The predicted molar refractivity (Wildman–Crippen MR) is 139 cm³/mol. The lowest BCUT2D eigenvalue weighted by Crippen LogP contribution is -2.47. The van der Waals surface area contributed by atoms with Crippen LogP contribution in [-0.4, -0.2) is 53.2 Å². The van der Waals surface area contributed by atoms with Crippen LogP contribution in [0.25, 0.3) is 22.3 Å². The van der Waals surface area contributed by atoms with Gasteiger partial charge in [-0.15, -0.1) is 0 Å². The van der Waals surface area contributed by atoms with Gasteiger partial charge in [-0.25, -0.2) is 9.59 Å². The molecule has 184 valence electrons. The molecule has 3 amide bonds. The molecule has 1 saturated heterocycles. The Balaban J connectivity index is 1.27. The molecule has 0 spiro atoms. The molecule has 1 aliphatic rings. The molecule has 2 heterocycles. The number of piperazine rings is 1. The van der Waals surface area contributed by atoms with Crippen molar-refractivity contribution in [2.45, 2.75) is 13.1 Å². The van der Waals surface area contributed by atoms with Gasteiger partial charge in [0.25, 0.3) is 0 Å². The molecular weight excluding hydrogens is 456 g/mol. The maximum Gasteiger partial charge on any atom is 0.407 e. The van der Waals surface area contributed by atoms with Gasteiger partial charge < -0.3 is 25.1 Å². The average molecular weight is 485 g/mol. The molecule has 36 heavy (non-hydrogen) atoms. The molecule has 0 saturated carbocycles. The zero-order valence-corrected chi connectivity index (χ0v) is 19.8. The molecule has 0 bridgehead atoms. The number of nitrogens with one attached hydrogen (secondary N) is 2. The highest BCUT2D eigenvalue weighted by atomic mass is 16.4. The van der Waals surface area contributed by atoms with Crippen LogP contribution < -0.4 is 10.6 Å². The molecule has 1 fully saturated rings. The molecule has 5 rings (SSSR count). The van der Waals surface area contributed by atoms with Crippen molar-refractivity contribution >= 4 is 28.8 Å². The van der Waals surface area contributed by atoms with E-state index in [9.17, 15) is 9.59 Å². The van der Waals surface area contributed by atoms with E-state index in [4.69, 9.17) is 9.52 Å². The number of rotatable bonds is 6. The minimum Gasteiger partial charge on any atom is -0.465 e. The van der Waals surface area contributed by atoms with Gasteiger partial charge in [0.15, 0.2) is 0 Å². The van der Waals surface area contributed by atoms with Crippen molar-refractivity contribution in [3.05, 3.63) is 90.0 Å². The molecule has 3 N–H and O–H groups in total. The summed E-state index contributed by atoms with van der Waals surface area (Å²) < 4.78 is 6.21. The number of carbonyl (C=O) groups is 2. The van der Waals surface area contributed by atoms with Crippen LogP contribution in [0.1, 0.15) is 11.1 Å². The zero-order chi connectivity index (χ0) is 24.9. The summed E-state index contributed by atoms with van der Waals surface area (Å²) in [6.45, 7) is 3.63. The van der Waals surface area contributed by atoms with Crippen molar-refractivity contribution in [1.29, 1.82) is 0 Å². The van der Waals surface area contributed by atoms with E-state index < -0.39 is 6.09 Å². The number of fused-ring (bicyclic) bond motifs is 1. The first-order valence-corrected chi connectivity index (χ1v) is 12.0. The van der Waals surface area contributed by atoms with Crippen LogP contribution in [0.5, 0.6) is 0 Å². The lowest BCUT2D eigenvalue weighted by molar-refractivity contribution is 0.103. The number of benzene rings is 3. The third kappa shape index (κ3) is 5.50. The number of para-hydroxylation sites is 1. The number of carbonyl (C=O) groups excluding carboxylic acids is 1. The molecule has 3 aromatic carbocycles. The Morgan fingerprint density at radius 1 is 0.861 bits per heavy atom. The number of hydrogen-bond donors (Lipinski definition) is 3. The standard InChI is InChI=1S/C28H28N4O4/c33-27(29-18-20-6-2-1-3-7-20)30-24-9-5-4-8-23(24)26-17-22-11-10-21(16-25(22)36-26)19-31-12-14-32(15-13-31)28(34)35/h1-11,16-17H,12-15,18-19H2,(H,34,35)(H2,29,30,33). The van der Waals surface area contributed by atoms with Gasteiger partial charge in [0, 0.05) is 50.2 Å². The van der Waals surface area contributed by atoms with Crippen LogP contribution in [0.15, 0.2) is 83.3 Å². The fraction of sp³-hybridized carbons (Fsp3) is 0.214. The number of furan rings is 1. The Bertz CT molecular complexity index is 1360. The number of urea groups is 1. The summed E-state index contributed by atoms with van der Waals surface area (Å²) in [6, 6.07) is 25.2. The van der Waals surface area contributed by atoms with Crippen molar-refractivity contribution < 1.29 is 19.1 Å². The van der Waals surface area contributed by atoms with Crippen LogP contribution in [0, 0.1) is 0 Å². The SMILES string of the molecule is O=C(NCc1ccccc1)Nc1ccccc1-c1cc2ccc(CN3CCN(C(=O)O)CC3)cc2o1. The van der Waals surface area contributed by atoms with Gasteiger partial charge in [0.05, 0.1) is 5.69 Å². The zero-order valence-electron chi connectivity index (χ0n) is 19.8. The highest BCUT2D eigenvalue weighted by molar-refractivity contribution is 5.95. The highest BCUT2D eigenvalue weighted by Crippen LogP contribution is 2.33. The molecular formula is C28H28N4O4. The van der Waals surface area contributed by atoms with Crippen molar-refractivity contribution in [1.82, 2.24) is 15.1 Å². The summed E-state index contributed by atoms with van der Waals surface area (Å²) in [4.78, 5) is 27.4. The van der Waals surface area contributed by atoms with E-state index in [1.807, 2.05) is 72.8 Å². The monoisotopic (exact) mass is 484 g/mol. The fourth-order valence-corrected chi connectivity index (χ4v) is 4.41. The summed E-state index contributed by atoms with van der Waals surface area (Å²) >= 11 is 0. The summed E-state index contributed by atoms with van der Waals surface area (Å²) in [7, 11) is 0. The number of amides is 3. The maximum absolute atomic E-state index is 12.5. The van der Waals surface area contributed by atoms with Gasteiger partial charge in [-0.3, -0.25) is 4.90 Å². The first-order valence-electron chi connectivity index (χ1n) is 12.0. The first-order chi connectivity index (χ1) is 17.5. The molecule has 8 nitrogen and oxygen atoms in total. The first kappa shape index (κ1) is 23.4. The van der Waals surface area contributed by atoms with Crippen LogP contribution in [0.3, 0.4) is 0 Å². The average Bonchev–Trinajstić information content (AvgIpc) is 3.32. The minimum atomic E-state index is -0.859. The van der Waals surface area contributed by atoms with Gasteiger partial charge in [-0.2, -0.15) is 0 Å². The van der Waals surface area contributed by atoms with E-state index >= 15 is 0 Å². The lowest BCUT2D eigenvalue weighted by Gasteiger charge is -2.33. The number of hydrogen-bond acceptors (Lipinski definition) is 4. The summed E-state index contributed by atoms with van der Waals surface area (Å²) in [5, 5.41) is 15.9. The third-order valence-electron chi connectivity index (χ3n) is 6.37. The van der Waals surface area contributed by atoms with Crippen molar-refractivity contribution in [2.75, 3.05) is 31.5 Å². The molecule has 0 aliphatic carbocycles. The van der Waals surface area contributed by atoms with Crippen LogP contribution >= 0.6 is 0 Å². The summed E-state index contributed by atoms with van der Waals surface area (Å²) in [5.41, 5.74) is 4.38. The smallest absolute Gasteiger partial charge is 0.407 e. The maximum atomic E-state index is 12.5. The highest BCUT2D eigenvalue weighted by Gasteiger charge is 2.20. The predicted octanol–water partition coefficient (Wildman–Crippen LogP) is 5.22. The third-order valence-corrected chi connectivity index (χ3v) is 6.37. The van der Waals surface area contributed by atoms with Crippen LogP contribution in [0.2, 0.25) is 0 Å². The normalized spacial score (nSPS) is 14.1. The van der Waals surface area contributed by atoms with Gasteiger partial charge in [0.2, 0.25) is 0 Å². The summed E-state index contributed by atoms with van der Waals surface area (Å²) in [5.74, 6) is 0.677. The second kappa shape index (κ2) is 10.5. The molecule has 0 atom stereocenters. The van der Waals surface area contributed by atoms with Crippen molar-refractivity contribution in [2.24, 2.45) is 0 Å². The molecule has 1 aromatic heterocycles. The van der Waals surface area contributed by atoms with E-state index in [-0.39, 0.29) is 6.03 Å². The van der Waals surface area contributed by atoms with E-state index in [1.54, 1.807) is 0 Å². The molecule has 8 heteroatoms. The van der Waals surface area contributed by atoms with E-state index in [2.05, 4.69) is 21.6 Å². The Labute approximate surface area is 209 Å².